The molecule has 2 rings (SSSR count). The van der Waals surface area contributed by atoms with Gasteiger partial charge in [0.2, 0.25) is 0 Å². The van der Waals surface area contributed by atoms with Gasteiger partial charge in [0, 0.05) is 11.4 Å². The SMILES string of the molecule is CCN(Cc1cccs1)C(=O)c1cc(Cl)ncc1N. The molecule has 0 aliphatic rings. The summed E-state index contributed by atoms with van der Waals surface area (Å²) in [5, 5.41) is 2.26. The molecule has 0 saturated heterocycles. The number of amides is 1. The molecule has 1 amide bonds. The fraction of sp³-hybridized carbons (Fsp3) is 0.231. The smallest absolute Gasteiger partial charge is 0.256 e. The molecule has 0 fully saturated rings. The van der Waals surface area contributed by atoms with Crippen molar-refractivity contribution in [3.8, 4) is 0 Å². The van der Waals surface area contributed by atoms with Crippen LogP contribution in [0.3, 0.4) is 0 Å². The molecule has 0 unspecified atom stereocenters. The molecular formula is C13H14ClN3OS. The van der Waals surface area contributed by atoms with Crippen LogP contribution in [0.25, 0.3) is 0 Å². The van der Waals surface area contributed by atoms with Gasteiger partial charge in [-0.05, 0) is 24.4 Å². The Balaban J connectivity index is 2.23. The highest BCUT2D eigenvalue weighted by molar-refractivity contribution is 7.09. The van der Waals surface area contributed by atoms with Crippen molar-refractivity contribution in [2.24, 2.45) is 0 Å². The first-order valence-electron chi connectivity index (χ1n) is 5.84. The molecule has 0 aromatic carbocycles. The molecule has 0 radical (unpaired) electrons. The summed E-state index contributed by atoms with van der Waals surface area (Å²) >= 11 is 7.44. The van der Waals surface area contributed by atoms with Crippen molar-refractivity contribution in [2.45, 2.75) is 13.5 Å². The highest BCUT2D eigenvalue weighted by Gasteiger charge is 2.18. The first-order chi connectivity index (χ1) is 9.11. The number of nitrogens with two attached hydrogens (primary N) is 1. The third-order valence-electron chi connectivity index (χ3n) is 2.73. The van der Waals surface area contributed by atoms with Crippen molar-refractivity contribution in [1.82, 2.24) is 9.88 Å². The quantitative estimate of drug-likeness (QED) is 0.882. The molecule has 19 heavy (non-hydrogen) atoms. The van der Waals surface area contributed by atoms with E-state index in [9.17, 15) is 4.79 Å². The number of rotatable bonds is 4. The average Bonchev–Trinajstić information content (AvgIpc) is 2.91. The number of carbonyl (C=O) groups is 1. The molecule has 100 valence electrons. The maximum absolute atomic E-state index is 12.4. The van der Waals surface area contributed by atoms with Crippen LogP contribution in [0.15, 0.2) is 29.8 Å². The largest absolute Gasteiger partial charge is 0.397 e. The highest BCUT2D eigenvalue weighted by atomic mass is 35.5. The van der Waals surface area contributed by atoms with Crippen molar-refractivity contribution in [3.63, 3.8) is 0 Å². The normalized spacial score (nSPS) is 10.4. The zero-order valence-electron chi connectivity index (χ0n) is 10.5. The van der Waals surface area contributed by atoms with Crippen LogP contribution in [-0.2, 0) is 6.54 Å². The number of nitrogens with zero attached hydrogens (tertiary/aromatic N) is 2. The van der Waals surface area contributed by atoms with E-state index < -0.39 is 0 Å². The average molecular weight is 296 g/mol. The lowest BCUT2D eigenvalue weighted by atomic mass is 10.2. The van der Waals surface area contributed by atoms with Gasteiger partial charge in [-0.2, -0.15) is 0 Å². The fourth-order valence-electron chi connectivity index (χ4n) is 1.71. The first kappa shape index (κ1) is 13.8. The van der Waals surface area contributed by atoms with Crippen LogP contribution in [0.4, 0.5) is 5.69 Å². The molecule has 4 nitrogen and oxygen atoms in total. The van der Waals surface area contributed by atoms with E-state index in [1.165, 1.54) is 12.3 Å². The van der Waals surface area contributed by atoms with Crippen LogP contribution < -0.4 is 5.73 Å². The van der Waals surface area contributed by atoms with Crippen molar-refractivity contribution in [2.75, 3.05) is 12.3 Å². The predicted molar refractivity (Wildman–Crippen MR) is 78.4 cm³/mol. The Morgan fingerprint density at radius 2 is 2.37 bits per heavy atom. The fourth-order valence-corrected chi connectivity index (χ4v) is 2.59. The second kappa shape index (κ2) is 6.04. The minimum atomic E-state index is -0.127. The Labute approximate surface area is 120 Å². The minimum absolute atomic E-state index is 0.127. The molecule has 2 aromatic heterocycles. The number of halogens is 1. The van der Waals surface area contributed by atoms with Crippen LogP contribution in [0, 0.1) is 0 Å². The van der Waals surface area contributed by atoms with E-state index >= 15 is 0 Å². The summed E-state index contributed by atoms with van der Waals surface area (Å²) in [5.41, 5.74) is 6.54. The van der Waals surface area contributed by atoms with E-state index in [0.717, 1.165) is 4.88 Å². The molecule has 6 heteroatoms. The number of pyridine rings is 1. The molecule has 0 atom stereocenters. The van der Waals surface area contributed by atoms with Gasteiger partial charge in [-0.15, -0.1) is 11.3 Å². The highest BCUT2D eigenvalue weighted by Crippen LogP contribution is 2.19. The summed E-state index contributed by atoms with van der Waals surface area (Å²) in [6, 6.07) is 5.48. The second-order valence-electron chi connectivity index (χ2n) is 3.99. The van der Waals surface area contributed by atoms with Crippen LogP contribution >= 0.6 is 22.9 Å². The number of anilines is 1. The van der Waals surface area contributed by atoms with E-state index in [0.29, 0.717) is 24.3 Å². The lowest BCUT2D eigenvalue weighted by Crippen LogP contribution is -2.30. The van der Waals surface area contributed by atoms with Gasteiger partial charge < -0.3 is 10.6 Å². The summed E-state index contributed by atoms with van der Waals surface area (Å²) in [6.07, 6.45) is 1.41. The molecular weight excluding hydrogens is 282 g/mol. The zero-order chi connectivity index (χ0) is 13.8. The third kappa shape index (κ3) is 3.24. The van der Waals surface area contributed by atoms with Crippen molar-refractivity contribution < 1.29 is 4.79 Å². The summed E-state index contributed by atoms with van der Waals surface area (Å²) in [5.74, 6) is -0.127. The van der Waals surface area contributed by atoms with Gasteiger partial charge in [0.25, 0.3) is 5.91 Å². The van der Waals surface area contributed by atoms with Crippen LogP contribution in [0.1, 0.15) is 22.2 Å². The Hall–Kier alpha value is -1.59. The summed E-state index contributed by atoms with van der Waals surface area (Å²) in [6.45, 7) is 3.12. The first-order valence-corrected chi connectivity index (χ1v) is 7.10. The van der Waals surface area contributed by atoms with Crippen molar-refractivity contribution >= 4 is 34.5 Å². The van der Waals surface area contributed by atoms with Gasteiger partial charge in [-0.3, -0.25) is 4.79 Å². The van der Waals surface area contributed by atoms with Crippen LogP contribution in [-0.4, -0.2) is 22.3 Å². The summed E-state index contributed by atoms with van der Waals surface area (Å²) < 4.78 is 0. The molecule has 0 saturated carbocycles. The Morgan fingerprint density at radius 1 is 1.58 bits per heavy atom. The topological polar surface area (TPSA) is 59.2 Å². The number of aromatic nitrogens is 1. The number of thiophene rings is 1. The van der Waals surface area contributed by atoms with E-state index in [1.807, 2.05) is 24.4 Å². The van der Waals surface area contributed by atoms with Gasteiger partial charge in [0.15, 0.2) is 0 Å². The van der Waals surface area contributed by atoms with Gasteiger partial charge >= 0.3 is 0 Å². The van der Waals surface area contributed by atoms with E-state index in [-0.39, 0.29) is 11.1 Å². The second-order valence-corrected chi connectivity index (χ2v) is 5.41. The lowest BCUT2D eigenvalue weighted by Gasteiger charge is -2.21. The molecule has 2 N–H and O–H groups in total. The van der Waals surface area contributed by atoms with E-state index in [4.69, 9.17) is 17.3 Å². The third-order valence-corrected chi connectivity index (χ3v) is 3.80. The van der Waals surface area contributed by atoms with Gasteiger partial charge in [-0.1, -0.05) is 17.7 Å². The van der Waals surface area contributed by atoms with E-state index in [1.54, 1.807) is 16.2 Å². The number of nitrogen functional groups attached to an aromatic ring is 1. The predicted octanol–water partition coefficient (Wildman–Crippen LogP) is 3.04. The Morgan fingerprint density at radius 3 is 3.00 bits per heavy atom. The standard InChI is InChI=1S/C13H14ClN3OS/c1-2-17(8-9-4-3-5-19-9)13(18)10-6-12(14)16-7-11(10)15/h3-7H,2,8,15H2,1H3. The van der Waals surface area contributed by atoms with Crippen LogP contribution in [0.5, 0.6) is 0 Å². The zero-order valence-corrected chi connectivity index (χ0v) is 12.0. The molecule has 0 bridgehead atoms. The van der Waals surface area contributed by atoms with E-state index in [2.05, 4.69) is 4.98 Å². The molecule has 2 heterocycles. The van der Waals surface area contributed by atoms with Gasteiger partial charge in [0.1, 0.15) is 5.15 Å². The number of hydrogen-bond donors (Lipinski definition) is 1. The molecule has 0 aliphatic heterocycles. The molecule has 2 aromatic rings. The Kier molecular flexibility index (Phi) is 4.39. The lowest BCUT2D eigenvalue weighted by molar-refractivity contribution is 0.0755. The van der Waals surface area contributed by atoms with Gasteiger partial charge in [-0.25, -0.2) is 4.98 Å². The molecule has 0 spiro atoms. The van der Waals surface area contributed by atoms with Gasteiger partial charge in [0.05, 0.1) is 24.0 Å². The number of hydrogen-bond acceptors (Lipinski definition) is 4. The van der Waals surface area contributed by atoms with Crippen molar-refractivity contribution in [1.29, 1.82) is 0 Å². The summed E-state index contributed by atoms with van der Waals surface area (Å²) in [4.78, 5) is 19.2. The summed E-state index contributed by atoms with van der Waals surface area (Å²) in [7, 11) is 0. The number of carbonyl (C=O) groups excluding carboxylic acids is 1. The Bertz CT molecular complexity index is 571. The minimum Gasteiger partial charge on any atom is -0.397 e. The maximum Gasteiger partial charge on any atom is 0.256 e. The van der Waals surface area contributed by atoms with Crippen LogP contribution in [0.2, 0.25) is 5.15 Å². The van der Waals surface area contributed by atoms with Crippen molar-refractivity contribution in [3.05, 3.63) is 45.4 Å². The monoisotopic (exact) mass is 295 g/mol. The molecule has 0 aliphatic carbocycles. The maximum atomic E-state index is 12.4.